The summed E-state index contributed by atoms with van der Waals surface area (Å²) in [6, 6.07) is 15.5. The minimum atomic E-state index is -2.92. The number of hydrogen-bond donors (Lipinski definition) is 2. The summed E-state index contributed by atoms with van der Waals surface area (Å²) in [5.74, 6) is 0.507. The van der Waals surface area contributed by atoms with E-state index < -0.39 is 6.61 Å². The van der Waals surface area contributed by atoms with E-state index in [2.05, 4.69) is 20.5 Å². The van der Waals surface area contributed by atoms with E-state index in [1.807, 2.05) is 24.3 Å². The smallest absolute Gasteiger partial charge is 0.387 e. The van der Waals surface area contributed by atoms with Crippen molar-refractivity contribution in [1.29, 1.82) is 0 Å². The van der Waals surface area contributed by atoms with Gasteiger partial charge in [0.25, 0.3) is 0 Å². The van der Waals surface area contributed by atoms with Crippen molar-refractivity contribution in [3.05, 3.63) is 71.4 Å². The van der Waals surface area contributed by atoms with Crippen LogP contribution in [0.3, 0.4) is 0 Å². The standard InChI is InChI=1S/C18H15ClF2N4OS/c19-13-6-2-1-5-12(13)11-25-10-9-16(24-25)23-18(27)22-14-7-3-4-8-15(14)26-17(20)21/h1-10,17H,11H2,(H2,22,23,24,27). The number of thiocarbonyl (C=S) groups is 1. The Morgan fingerprint density at radius 3 is 2.63 bits per heavy atom. The number of anilines is 2. The van der Waals surface area contributed by atoms with Gasteiger partial charge in [-0.05, 0) is 36.0 Å². The van der Waals surface area contributed by atoms with Crippen LogP contribution in [-0.2, 0) is 6.54 Å². The van der Waals surface area contributed by atoms with Crippen LogP contribution in [0.4, 0.5) is 20.3 Å². The molecule has 0 fully saturated rings. The van der Waals surface area contributed by atoms with Crippen molar-refractivity contribution in [3.8, 4) is 5.75 Å². The van der Waals surface area contributed by atoms with Crippen LogP contribution in [0.2, 0.25) is 5.02 Å². The third kappa shape index (κ3) is 5.38. The van der Waals surface area contributed by atoms with Gasteiger partial charge in [0, 0.05) is 17.3 Å². The molecular formula is C18H15ClF2N4OS. The first-order valence-electron chi connectivity index (χ1n) is 7.90. The fraction of sp³-hybridized carbons (Fsp3) is 0.111. The van der Waals surface area contributed by atoms with Crippen molar-refractivity contribution in [2.24, 2.45) is 0 Å². The van der Waals surface area contributed by atoms with Crippen molar-refractivity contribution in [1.82, 2.24) is 9.78 Å². The molecule has 0 saturated heterocycles. The number of nitrogens with one attached hydrogen (secondary N) is 2. The minimum Gasteiger partial charge on any atom is -0.433 e. The predicted octanol–water partition coefficient (Wildman–Crippen LogP) is 5.00. The molecule has 0 radical (unpaired) electrons. The van der Waals surface area contributed by atoms with Gasteiger partial charge in [-0.3, -0.25) is 4.68 Å². The predicted molar refractivity (Wildman–Crippen MR) is 106 cm³/mol. The molecule has 0 atom stereocenters. The summed E-state index contributed by atoms with van der Waals surface area (Å²) in [5.41, 5.74) is 1.26. The summed E-state index contributed by atoms with van der Waals surface area (Å²) >= 11 is 11.4. The van der Waals surface area contributed by atoms with Crippen LogP contribution in [0.1, 0.15) is 5.56 Å². The lowest BCUT2D eigenvalue weighted by Gasteiger charge is -2.13. The van der Waals surface area contributed by atoms with Crippen LogP contribution in [0.15, 0.2) is 60.8 Å². The summed E-state index contributed by atoms with van der Waals surface area (Å²) in [5, 5.41) is 11.0. The number of alkyl halides is 2. The van der Waals surface area contributed by atoms with E-state index in [1.54, 1.807) is 35.1 Å². The highest BCUT2D eigenvalue weighted by Gasteiger charge is 2.11. The van der Waals surface area contributed by atoms with Crippen LogP contribution in [0.5, 0.6) is 5.75 Å². The number of rotatable bonds is 6. The molecule has 1 aromatic heterocycles. The summed E-state index contributed by atoms with van der Waals surface area (Å²) in [6.45, 7) is -2.41. The van der Waals surface area contributed by atoms with Gasteiger partial charge in [0.15, 0.2) is 10.9 Å². The summed E-state index contributed by atoms with van der Waals surface area (Å²) in [7, 11) is 0. The lowest BCUT2D eigenvalue weighted by molar-refractivity contribution is -0.0493. The first-order valence-corrected chi connectivity index (χ1v) is 8.68. The van der Waals surface area contributed by atoms with Crippen molar-refractivity contribution in [3.63, 3.8) is 0 Å². The monoisotopic (exact) mass is 408 g/mol. The second kappa shape index (κ2) is 8.79. The molecule has 9 heteroatoms. The van der Waals surface area contributed by atoms with Gasteiger partial charge in [-0.1, -0.05) is 41.9 Å². The number of aromatic nitrogens is 2. The molecule has 27 heavy (non-hydrogen) atoms. The van der Waals surface area contributed by atoms with Gasteiger partial charge in [0.1, 0.15) is 5.75 Å². The quantitative estimate of drug-likeness (QED) is 0.562. The molecule has 3 rings (SSSR count). The highest BCUT2D eigenvalue weighted by atomic mass is 35.5. The maximum atomic E-state index is 12.5. The number of ether oxygens (including phenoxy) is 1. The van der Waals surface area contributed by atoms with Crippen molar-refractivity contribution < 1.29 is 13.5 Å². The Kier molecular flexibility index (Phi) is 6.20. The van der Waals surface area contributed by atoms with Crippen LogP contribution >= 0.6 is 23.8 Å². The molecule has 0 saturated carbocycles. The molecule has 0 unspecified atom stereocenters. The molecule has 0 aliphatic rings. The fourth-order valence-corrected chi connectivity index (χ4v) is 2.77. The Morgan fingerprint density at radius 1 is 1.11 bits per heavy atom. The summed E-state index contributed by atoms with van der Waals surface area (Å²) in [4.78, 5) is 0. The van der Waals surface area contributed by atoms with Gasteiger partial charge in [0.2, 0.25) is 0 Å². The largest absolute Gasteiger partial charge is 0.433 e. The van der Waals surface area contributed by atoms with Gasteiger partial charge >= 0.3 is 6.61 Å². The van der Waals surface area contributed by atoms with Crippen molar-refractivity contribution in [2.45, 2.75) is 13.2 Å². The molecule has 5 nitrogen and oxygen atoms in total. The Balaban J connectivity index is 1.62. The van der Waals surface area contributed by atoms with Crippen molar-refractivity contribution in [2.75, 3.05) is 10.6 Å². The van der Waals surface area contributed by atoms with Gasteiger partial charge < -0.3 is 15.4 Å². The van der Waals surface area contributed by atoms with Gasteiger partial charge in [-0.2, -0.15) is 13.9 Å². The van der Waals surface area contributed by atoms with Crippen LogP contribution in [-0.4, -0.2) is 21.5 Å². The van der Waals surface area contributed by atoms with E-state index in [4.69, 9.17) is 23.8 Å². The molecule has 1 heterocycles. The number of para-hydroxylation sites is 2. The second-order valence-electron chi connectivity index (χ2n) is 5.44. The molecule has 0 amide bonds. The van der Waals surface area contributed by atoms with E-state index >= 15 is 0 Å². The Morgan fingerprint density at radius 2 is 1.85 bits per heavy atom. The van der Waals surface area contributed by atoms with Crippen LogP contribution in [0, 0.1) is 0 Å². The highest BCUT2D eigenvalue weighted by Crippen LogP contribution is 2.25. The summed E-state index contributed by atoms with van der Waals surface area (Å²) in [6.07, 6.45) is 1.78. The van der Waals surface area contributed by atoms with Gasteiger partial charge in [-0.15, -0.1) is 0 Å². The lowest BCUT2D eigenvalue weighted by Crippen LogP contribution is -2.20. The lowest BCUT2D eigenvalue weighted by atomic mass is 10.2. The number of hydrogen-bond acceptors (Lipinski definition) is 3. The minimum absolute atomic E-state index is 0.000832. The first-order chi connectivity index (χ1) is 13.0. The fourth-order valence-electron chi connectivity index (χ4n) is 2.36. The molecule has 140 valence electrons. The van der Waals surface area contributed by atoms with E-state index in [-0.39, 0.29) is 10.9 Å². The Hall–Kier alpha value is -2.71. The van der Waals surface area contributed by atoms with E-state index in [0.717, 1.165) is 5.56 Å². The number of nitrogens with zero attached hydrogens (tertiary/aromatic N) is 2. The molecule has 0 aliphatic carbocycles. The van der Waals surface area contributed by atoms with E-state index in [1.165, 1.54) is 6.07 Å². The molecule has 2 aromatic carbocycles. The molecule has 0 aliphatic heterocycles. The zero-order valence-corrected chi connectivity index (χ0v) is 15.5. The third-order valence-corrected chi connectivity index (χ3v) is 4.10. The maximum absolute atomic E-state index is 12.5. The number of benzene rings is 2. The van der Waals surface area contributed by atoms with E-state index in [9.17, 15) is 8.78 Å². The molecule has 2 N–H and O–H groups in total. The Labute approximate surface area is 164 Å². The second-order valence-corrected chi connectivity index (χ2v) is 6.26. The molecular weight excluding hydrogens is 394 g/mol. The maximum Gasteiger partial charge on any atom is 0.387 e. The topological polar surface area (TPSA) is 51.1 Å². The van der Waals surface area contributed by atoms with Crippen molar-refractivity contribution >= 4 is 40.4 Å². The van der Waals surface area contributed by atoms with E-state index in [0.29, 0.717) is 23.1 Å². The zero-order valence-electron chi connectivity index (χ0n) is 13.9. The molecule has 3 aromatic rings. The Bertz CT molecular complexity index is 935. The average Bonchev–Trinajstić information content (AvgIpc) is 3.05. The SMILES string of the molecule is FC(F)Oc1ccccc1NC(=S)Nc1ccn(Cc2ccccc2Cl)n1. The highest BCUT2D eigenvalue weighted by molar-refractivity contribution is 7.80. The zero-order chi connectivity index (χ0) is 19.2. The van der Waals surface area contributed by atoms with Crippen LogP contribution in [0.25, 0.3) is 0 Å². The summed E-state index contributed by atoms with van der Waals surface area (Å²) < 4.78 is 31.1. The van der Waals surface area contributed by atoms with Gasteiger partial charge in [0.05, 0.1) is 12.2 Å². The third-order valence-electron chi connectivity index (χ3n) is 3.52. The van der Waals surface area contributed by atoms with Gasteiger partial charge in [-0.25, -0.2) is 0 Å². The van der Waals surface area contributed by atoms with Crippen LogP contribution < -0.4 is 15.4 Å². The normalized spacial score (nSPS) is 10.7. The number of halogens is 3. The average molecular weight is 409 g/mol. The molecule has 0 bridgehead atoms. The molecule has 0 spiro atoms. The first kappa shape index (κ1) is 19.1.